The predicted octanol–water partition coefficient (Wildman–Crippen LogP) is 0.817. The number of likely N-dealkylation sites (tertiary alicyclic amines) is 1. The van der Waals surface area contributed by atoms with Crippen molar-refractivity contribution in [3.63, 3.8) is 0 Å². The van der Waals surface area contributed by atoms with Crippen molar-refractivity contribution in [1.82, 2.24) is 4.90 Å². The minimum atomic E-state index is -6.13. The molecule has 6 unspecified atom stereocenters. The standard InChI is InChI=1S/C19H24F2NO9S.Rf/c1-5-10(23)31-14-9-6-8-11(15(24)22(13(8)14)17(26)18(2,3)4)12(9)16(25)30-7-19(20,21)32(27,28)29;/h7-9,11-14H,5-6H2,1-4H3,(H,27,28,29);/q-1;/p-1. The molecule has 3 rings (SSSR count). The molecule has 0 aromatic heterocycles. The maximum Gasteiger partial charge on any atom is 0.305 e. The van der Waals surface area contributed by atoms with Gasteiger partial charge in [0.2, 0.25) is 11.8 Å². The number of ether oxygens (including phenoxy) is 2. The quantitative estimate of drug-likeness (QED) is 0.219. The number of amides is 2. The second-order valence-electron chi connectivity index (χ2n) is 9.25. The SMILES string of the molecule is CCC(=O)OC1C2CC3C(C(=O)N(C(=O)C(C)(C)C)C31)C2C(=O)O[CH-]C(F)(F)S(=O)(=O)[O-].[Rf]. The van der Waals surface area contributed by atoms with Gasteiger partial charge in [0.25, 0.3) is 11.2 Å². The molecule has 0 aromatic carbocycles. The monoisotopic (exact) mass is 746 g/mol. The van der Waals surface area contributed by atoms with Gasteiger partial charge in [0.05, 0.1) is 17.9 Å². The summed E-state index contributed by atoms with van der Waals surface area (Å²) in [5, 5.41) is -4.97. The fourth-order valence-electron chi connectivity index (χ4n) is 4.88. The first-order valence-corrected chi connectivity index (χ1v) is 11.4. The summed E-state index contributed by atoms with van der Waals surface area (Å²) in [6, 6.07) is -0.795. The molecule has 2 aliphatic carbocycles. The first kappa shape index (κ1) is 26.1. The van der Waals surface area contributed by atoms with Gasteiger partial charge < -0.3 is 14.0 Å². The number of esters is 2. The number of fused-ring (bicyclic) bond motifs is 1. The summed E-state index contributed by atoms with van der Waals surface area (Å²) in [7, 11) is -6.13. The molecule has 182 valence electrons. The first-order chi connectivity index (χ1) is 14.5. The van der Waals surface area contributed by atoms with E-state index in [1.54, 1.807) is 20.8 Å². The Hall–Kier alpha value is -3.15. The Balaban J connectivity index is 0.00000385. The van der Waals surface area contributed by atoms with Gasteiger partial charge in [-0.25, -0.2) is 17.2 Å². The van der Waals surface area contributed by atoms with Crippen LogP contribution in [0.25, 0.3) is 0 Å². The molecule has 0 aromatic rings. The molecule has 0 radical (unpaired) electrons. The first-order valence-electron chi connectivity index (χ1n) is 9.98. The van der Waals surface area contributed by atoms with Gasteiger partial charge in [-0.15, -0.1) is 0 Å². The molecule has 2 amide bonds. The van der Waals surface area contributed by atoms with E-state index in [1.165, 1.54) is 6.92 Å². The molecule has 10 nitrogen and oxygen atoms in total. The zero-order chi connectivity index (χ0) is 24.4. The van der Waals surface area contributed by atoms with E-state index in [9.17, 15) is 40.9 Å². The molecule has 3 fully saturated rings. The molecule has 2 saturated carbocycles. The van der Waals surface area contributed by atoms with E-state index in [4.69, 9.17) is 4.74 Å². The van der Waals surface area contributed by atoms with Crippen LogP contribution in [-0.2, 0) is 38.8 Å². The molecule has 6 atom stereocenters. The van der Waals surface area contributed by atoms with E-state index in [0.717, 1.165) is 4.90 Å². The predicted molar refractivity (Wildman–Crippen MR) is 98.9 cm³/mol. The van der Waals surface area contributed by atoms with Crippen molar-refractivity contribution in [3.8, 4) is 0 Å². The Labute approximate surface area is 183 Å². The van der Waals surface area contributed by atoms with Gasteiger partial charge in [-0.1, -0.05) is 34.3 Å². The number of halogens is 2. The third-order valence-corrected chi connectivity index (χ3v) is 6.97. The van der Waals surface area contributed by atoms with E-state index in [0.29, 0.717) is 0 Å². The van der Waals surface area contributed by atoms with Crippen molar-refractivity contribution in [3.05, 3.63) is 6.61 Å². The number of rotatable bonds is 6. The van der Waals surface area contributed by atoms with Crippen molar-refractivity contribution in [2.75, 3.05) is 0 Å². The normalized spacial score (nSPS) is 30.8. The van der Waals surface area contributed by atoms with Crippen molar-refractivity contribution in [2.24, 2.45) is 29.1 Å². The van der Waals surface area contributed by atoms with Crippen molar-refractivity contribution >= 4 is 33.9 Å². The summed E-state index contributed by atoms with van der Waals surface area (Å²) in [5.74, 6) is -7.03. The van der Waals surface area contributed by atoms with Gasteiger partial charge in [0, 0.05) is 17.8 Å². The van der Waals surface area contributed by atoms with Crippen LogP contribution in [0.5, 0.6) is 0 Å². The number of alkyl halides is 2. The Bertz CT molecular complexity index is 965. The molecule has 33 heavy (non-hydrogen) atoms. The Morgan fingerprint density at radius 2 is 1.79 bits per heavy atom. The molecule has 3 aliphatic rings. The summed E-state index contributed by atoms with van der Waals surface area (Å²) in [5.41, 5.74) is -0.967. The van der Waals surface area contributed by atoms with Crippen LogP contribution in [0.4, 0.5) is 8.78 Å². The van der Waals surface area contributed by atoms with E-state index < -0.39 is 87.0 Å². The largest absolute Gasteiger partial charge is 0.746 e. The van der Waals surface area contributed by atoms with Crippen LogP contribution in [0.15, 0.2) is 0 Å². The average molecular weight is 746 g/mol. The van der Waals surface area contributed by atoms with E-state index in [2.05, 4.69) is 4.74 Å². The van der Waals surface area contributed by atoms with Gasteiger partial charge in [0.1, 0.15) is 16.2 Å². The zero-order valence-corrected chi connectivity index (χ0v) is 25.7. The minimum absolute atomic E-state index is 0. The third kappa shape index (κ3) is 4.03. The number of carbonyl (C=O) groups excluding carboxylic acids is 4. The fraction of sp³-hybridized carbons (Fsp3) is 0.737. The van der Waals surface area contributed by atoms with E-state index >= 15 is 0 Å². The van der Waals surface area contributed by atoms with Crippen LogP contribution in [0, 0.1) is 35.7 Å². The second-order valence-corrected chi connectivity index (χ2v) is 10.7. The number of carbonyl (C=O) groups is 4. The molecule has 1 heterocycles. The summed E-state index contributed by atoms with van der Waals surface area (Å²) in [6.07, 6.45) is -0.850. The molecule has 1 aliphatic heterocycles. The van der Waals surface area contributed by atoms with Gasteiger partial charge in [-0.2, -0.15) is 0 Å². The molecular formula is C19H23F2NO9RfS-2. The molecule has 14 heteroatoms. The van der Waals surface area contributed by atoms with Gasteiger partial charge in [-0.05, 0) is 12.3 Å². The number of hydrogen-bond acceptors (Lipinski definition) is 9. The molecule has 0 spiro atoms. The Kier molecular flexibility index (Phi) is 6.34. The topological polar surface area (TPSA) is 147 Å². The minimum Gasteiger partial charge on any atom is -0.746 e. The van der Waals surface area contributed by atoms with E-state index in [1.807, 2.05) is 0 Å². The molecular weight excluding hydrogens is 723 g/mol. The summed E-state index contributed by atoms with van der Waals surface area (Å²) >= 11 is 0. The van der Waals surface area contributed by atoms with Crippen LogP contribution in [-0.4, -0.2) is 59.0 Å². The number of hydrogen-bond donors (Lipinski definition) is 0. The van der Waals surface area contributed by atoms with Crippen molar-refractivity contribution < 1.29 is 50.4 Å². The van der Waals surface area contributed by atoms with Gasteiger partial charge >= 0.3 is 5.97 Å². The van der Waals surface area contributed by atoms with Gasteiger partial charge in [-0.3, -0.25) is 24.1 Å². The number of imide groups is 1. The summed E-state index contributed by atoms with van der Waals surface area (Å²) in [4.78, 5) is 51.7. The summed E-state index contributed by atoms with van der Waals surface area (Å²) in [6.45, 7) is 5.63. The Morgan fingerprint density at radius 3 is 2.27 bits per heavy atom. The Morgan fingerprint density at radius 1 is 1.21 bits per heavy atom. The smallest absolute Gasteiger partial charge is 0.305 e. The fourth-order valence-corrected chi connectivity index (χ4v) is 5.05. The molecule has 1 saturated heterocycles. The average Bonchev–Trinajstić information content (AvgIpc) is 3.26. The molecule has 0 N–H and O–H groups in total. The van der Waals surface area contributed by atoms with Crippen LogP contribution in [0.3, 0.4) is 0 Å². The zero-order valence-electron chi connectivity index (χ0n) is 18.4. The van der Waals surface area contributed by atoms with E-state index in [-0.39, 0.29) is 12.8 Å². The second kappa shape index (κ2) is 8.01. The number of nitrogens with zero attached hydrogens (tertiary/aromatic N) is 1. The van der Waals surface area contributed by atoms with Crippen LogP contribution in [0.1, 0.15) is 40.5 Å². The maximum atomic E-state index is 13.4. The van der Waals surface area contributed by atoms with Gasteiger partial charge in [0.15, 0.2) is 0 Å². The third-order valence-electron chi connectivity index (χ3n) is 6.21. The van der Waals surface area contributed by atoms with Crippen LogP contribution >= 0.6 is 0 Å². The van der Waals surface area contributed by atoms with Crippen LogP contribution < -0.4 is 0 Å². The summed E-state index contributed by atoms with van der Waals surface area (Å²) < 4.78 is 68.5. The van der Waals surface area contributed by atoms with Crippen molar-refractivity contribution in [1.29, 1.82) is 0 Å². The van der Waals surface area contributed by atoms with Crippen molar-refractivity contribution in [2.45, 2.75) is 57.9 Å². The van der Waals surface area contributed by atoms with Crippen LogP contribution in [0.2, 0.25) is 0 Å². The molecule has 2 bridgehead atoms. The maximum absolute atomic E-state index is 13.4.